The number of carbonyl (C=O) groups excluding carboxylic acids is 1. The molecule has 1 aromatic heterocycles. The minimum atomic E-state index is -0.0276. The van der Waals surface area contributed by atoms with E-state index in [1.807, 2.05) is 35.9 Å². The van der Waals surface area contributed by atoms with Crippen LogP contribution in [0.2, 0.25) is 5.02 Å². The Kier molecular flexibility index (Phi) is 5.67. The van der Waals surface area contributed by atoms with Crippen molar-refractivity contribution >= 4 is 28.4 Å². The molecule has 1 amide bonds. The summed E-state index contributed by atoms with van der Waals surface area (Å²) in [5.41, 5.74) is 5.01. The molecule has 0 unspecified atom stereocenters. The van der Waals surface area contributed by atoms with E-state index in [4.69, 9.17) is 11.6 Å². The van der Waals surface area contributed by atoms with E-state index in [-0.39, 0.29) is 5.91 Å². The number of unbranched alkanes of at least 4 members (excludes halogenated alkanes) is 1. The highest BCUT2D eigenvalue weighted by Gasteiger charge is 2.22. The van der Waals surface area contributed by atoms with Crippen LogP contribution < -0.4 is 5.32 Å². The molecule has 0 atom stereocenters. The molecule has 4 heteroatoms. The summed E-state index contributed by atoms with van der Waals surface area (Å²) >= 11 is 6.07. The first-order chi connectivity index (χ1) is 12.6. The number of nitrogens with one attached hydrogen (secondary N) is 1. The van der Waals surface area contributed by atoms with Crippen LogP contribution >= 0.6 is 11.6 Å². The Morgan fingerprint density at radius 2 is 1.85 bits per heavy atom. The van der Waals surface area contributed by atoms with Crippen LogP contribution in [0.4, 0.5) is 0 Å². The Hall–Kier alpha value is -2.26. The molecule has 3 rings (SSSR count). The highest BCUT2D eigenvalue weighted by molar-refractivity contribution is 6.30. The van der Waals surface area contributed by atoms with Crippen LogP contribution in [0.15, 0.2) is 42.5 Å². The zero-order chi connectivity index (χ0) is 18.7. The zero-order valence-electron chi connectivity index (χ0n) is 15.6. The molecule has 0 fully saturated rings. The van der Waals surface area contributed by atoms with Crippen molar-refractivity contribution in [1.82, 2.24) is 9.88 Å². The fourth-order valence-corrected chi connectivity index (χ4v) is 3.47. The normalized spacial score (nSPS) is 11.1. The van der Waals surface area contributed by atoms with Crippen molar-refractivity contribution in [3.05, 3.63) is 58.7 Å². The number of aromatic nitrogens is 1. The van der Waals surface area contributed by atoms with Crippen molar-refractivity contribution in [2.75, 3.05) is 6.54 Å². The number of hydrogen-bond acceptors (Lipinski definition) is 1. The maximum absolute atomic E-state index is 13.0. The van der Waals surface area contributed by atoms with Gasteiger partial charge in [0.25, 0.3) is 5.91 Å². The van der Waals surface area contributed by atoms with Gasteiger partial charge in [0.2, 0.25) is 0 Å². The van der Waals surface area contributed by atoms with E-state index >= 15 is 0 Å². The summed E-state index contributed by atoms with van der Waals surface area (Å²) < 4.78 is 2.00. The van der Waals surface area contributed by atoms with E-state index in [2.05, 4.69) is 37.4 Å². The van der Waals surface area contributed by atoms with E-state index < -0.39 is 0 Å². The number of rotatable bonds is 6. The van der Waals surface area contributed by atoms with Gasteiger partial charge in [-0.2, -0.15) is 0 Å². The Morgan fingerprint density at radius 3 is 2.50 bits per heavy atom. The van der Waals surface area contributed by atoms with Gasteiger partial charge in [0.05, 0.1) is 0 Å². The predicted octanol–water partition coefficient (Wildman–Crippen LogP) is 5.59. The molecular formula is C22H25ClN2O. The molecule has 1 heterocycles. The van der Waals surface area contributed by atoms with Gasteiger partial charge in [-0.1, -0.05) is 50.1 Å². The SMILES string of the molecule is CCCCNC(=O)c1c(-c2ccc(Cl)cc2)c2cc(CC)ccc2n1C. The number of aryl methyl sites for hydroxylation is 2. The summed E-state index contributed by atoms with van der Waals surface area (Å²) in [5.74, 6) is -0.0276. The second-order valence-electron chi connectivity index (χ2n) is 6.60. The maximum Gasteiger partial charge on any atom is 0.268 e. The smallest absolute Gasteiger partial charge is 0.268 e. The molecule has 0 saturated carbocycles. The quantitative estimate of drug-likeness (QED) is 0.565. The number of carbonyl (C=O) groups is 1. The minimum absolute atomic E-state index is 0.0276. The molecule has 2 aromatic carbocycles. The van der Waals surface area contributed by atoms with Crippen molar-refractivity contribution in [3.8, 4) is 11.1 Å². The van der Waals surface area contributed by atoms with Crippen LogP contribution in [0, 0.1) is 0 Å². The third-order valence-corrected chi connectivity index (χ3v) is 5.09. The molecule has 3 nitrogen and oxygen atoms in total. The first-order valence-corrected chi connectivity index (χ1v) is 9.60. The summed E-state index contributed by atoms with van der Waals surface area (Å²) in [7, 11) is 1.96. The highest BCUT2D eigenvalue weighted by Crippen LogP contribution is 2.35. The Labute approximate surface area is 160 Å². The van der Waals surface area contributed by atoms with Gasteiger partial charge in [0.1, 0.15) is 5.69 Å². The predicted molar refractivity (Wildman–Crippen MR) is 110 cm³/mol. The molecule has 0 saturated heterocycles. The molecule has 0 bridgehead atoms. The first kappa shape index (κ1) is 18.5. The lowest BCUT2D eigenvalue weighted by atomic mass is 9.99. The molecule has 1 N–H and O–H groups in total. The molecule has 26 heavy (non-hydrogen) atoms. The molecule has 136 valence electrons. The largest absolute Gasteiger partial charge is 0.351 e. The second-order valence-corrected chi connectivity index (χ2v) is 7.04. The standard InChI is InChI=1S/C22H25ClN2O/c1-4-6-13-24-22(26)21-20(16-8-10-17(23)11-9-16)18-14-15(5-2)7-12-19(18)25(21)3/h7-12,14H,4-6,13H2,1-3H3,(H,24,26). The number of benzene rings is 2. The van der Waals surface area contributed by atoms with Crippen LogP contribution in [-0.4, -0.2) is 17.0 Å². The molecular weight excluding hydrogens is 344 g/mol. The summed E-state index contributed by atoms with van der Waals surface area (Å²) in [5, 5.41) is 4.86. The van der Waals surface area contributed by atoms with Gasteiger partial charge < -0.3 is 9.88 Å². The van der Waals surface area contributed by atoms with E-state index in [1.54, 1.807) is 0 Å². The van der Waals surface area contributed by atoms with Crippen LogP contribution in [-0.2, 0) is 13.5 Å². The van der Waals surface area contributed by atoms with Gasteiger partial charge in [-0.3, -0.25) is 4.79 Å². The van der Waals surface area contributed by atoms with Gasteiger partial charge in [-0.15, -0.1) is 0 Å². The van der Waals surface area contributed by atoms with Crippen molar-refractivity contribution < 1.29 is 4.79 Å². The lowest BCUT2D eigenvalue weighted by Gasteiger charge is -2.09. The van der Waals surface area contributed by atoms with Gasteiger partial charge in [-0.05, 0) is 48.2 Å². The van der Waals surface area contributed by atoms with Gasteiger partial charge >= 0.3 is 0 Å². The van der Waals surface area contributed by atoms with E-state index in [0.717, 1.165) is 41.3 Å². The number of hydrogen-bond donors (Lipinski definition) is 1. The van der Waals surface area contributed by atoms with Crippen LogP contribution in [0.5, 0.6) is 0 Å². The molecule has 0 radical (unpaired) electrons. The fourth-order valence-electron chi connectivity index (χ4n) is 3.35. The fraction of sp³-hybridized carbons (Fsp3) is 0.318. The third-order valence-electron chi connectivity index (χ3n) is 4.84. The first-order valence-electron chi connectivity index (χ1n) is 9.22. The monoisotopic (exact) mass is 368 g/mol. The minimum Gasteiger partial charge on any atom is -0.351 e. The summed E-state index contributed by atoms with van der Waals surface area (Å²) in [6.07, 6.45) is 2.99. The Morgan fingerprint density at radius 1 is 1.12 bits per heavy atom. The molecule has 0 aliphatic heterocycles. The molecule has 0 aliphatic carbocycles. The average molecular weight is 369 g/mol. The van der Waals surface area contributed by atoms with Crippen LogP contribution in [0.1, 0.15) is 42.7 Å². The topological polar surface area (TPSA) is 34.0 Å². The van der Waals surface area contributed by atoms with E-state index in [9.17, 15) is 4.79 Å². The number of halogens is 1. The Bertz CT molecular complexity index is 925. The number of amides is 1. The third kappa shape index (κ3) is 3.49. The summed E-state index contributed by atoms with van der Waals surface area (Å²) in [6, 6.07) is 14.2. The number of nitrogens with zero attached hydrogens (tertiary/aromatic N) is 1. The molecule has 0 aliphatic rings. The zero-order valence-corrected chi connectivity index (χ0v) is 16.4. The average Bonchev–Trinajstić information content (AvgIpc) is 2.94. The molecule has 0 spiro atoms. The molecule has 3 aromatic rings. The van der Waals surface area contributed by atoms with E-state index in [0.29, 0.717) is 17.3 Å². The second kappa shape index (κ2) is 7.96. The van der Waals surface area contributed by atoms with E-state index in [1.165, 1.54) is 5.56 Å². The lowest BCUT2D eigenvalue weighted by molar-refractivity contribution is 0.0946. The highest BCUT2D eigenvalue weighted by atomic mass is 35.5. The lowest BCUT2D eigenvalue weighted by Crippen LogP contribution is -2.26. The van der Waals surface area contributed by atoms with Gasteiger partial charge in [-0.25, -0.2) is 0 Å². The van der Waals surface area contributed by atoms with Crippen molar-refractivity contribution in [1.29, 1.82) is 0 Å². The summed E-state index contributed by atoms with van der Waals surface area (Å²) in [4.78, 5) is 13.0. The maximum atomic E-state index is 13.0. The van der Waals surface area contributed by atoms with Crippen LogP contribution in [0.3, 0.4) is 0 Å². The van der Waals surface area contributed by atoms with Crippen molar-refractivity contribution in [2.45, 2.75) is 33.1 Å². The van der Waals surface area contributed by atoms with Gasteiger partial charge in [0.15, 0.2) is 0 Å². The van der Waals surface area contributed by atoms with Gasteiger partial charge in [0, 0.05) is 35.1 Å². The number of fused-ring (bicyclic) bond motifs is 1. The van der Waals surface area contributed by atoms with Crippen LogP contribution in [0.25, 0.3) is 22.0 Å². The summed E-state index contributed by atoms with van der Waals surface area (Å²) in [6.45, 7) is 4.95. The van der Waals surface area contributed by atoms with Crippen molar-refractivity contribution in [3.63, 3.8) is 0 Å². The Balaban J connectivity index is 2.21. The van der Waals surface area contributed by atoms with Crippen molar-refractivity contribution in [2.24, 2.45) is 7.05 Å².